The van der Waals surface area contributed by atoms with Crippen LogP contribution in [0.25, 0.3) is 0 Å². The Hall–Kier alpha value is -1.52. The molecule has 5 nitrogen and oxygen atoms in total. The number of aliphatic carboxylic acids is 1. The number of nitrogens with one attached hydrogen (secondary N) is 1. The van der Waals surface area contributed by atoms with Crippen molar-refractivity contribution in [1.82, 2.24) is 5.32 Å². The second kappa shape index (κ2) is 14.5. The molecule has 0 atom stereocenters. The molecule has 0 aliphatic rings. The van der Waals surface area contributed by atoms with Gasteiger partial charge in [0.1, 0.15) is 0 Å². The van der Waals surface area contributed by atoms with Gasteiger partial charge in [0, 0.05) is 12.6 Å². The van der Waals surface area contributed by atoms with Crippen molar-refractivity contribution in [2.75, 3.05) is 13.2 Å². The number of carbonyl (C=O) groups excluding carboxylic acids is 1. The zero-order valence-corrected chi connectivity index (χ0v) is 10.7. The lowest BCUT2D eigenvalue weighted by molar-refractivity contribution is -0.131. The lowest BCUT2D eigenvalue weighted by Crippen LogP contribution is -2.25. The first kappa shape index (κ1) is 17.9. The molecule has 0 rings (SSSR count). The van der Waals surface area contributed by atoms with Crippen LogP contribution < -0.4 is 5.32 Å². The fraction of sp³-hybridized carbons (Fsp3) is 0.667. The van der Waals surface area contributed by atoms with Gasteiger partial charge >= 0.3 is 12.1 Å². The van der Waals surface area contributed by atoms with Gasteiger partial charge in [-0.05, 0) is 13.3 Å². The Kier molecular flexibility index (Phi) is 15.2. The van der Waals surface area contributed by atoms with Crippen molar-refractivity contribution in [3.63, 3.8) is 0 Å². The van der Waals surface area contributed by atoms with Crippen LogP contribution in [0.15, 0.2) is 12.7 Å². The fourth-order valence-electron chi connectivity index (χ4n) is 0.924. The third-order valence-electron chi connectivity index (χ3n) is 1.75. The summed E-state index contributed by atoms with van der Waals surface area (Å²) in [5, 5.41) is 10.3. The number of alkyl carbamates (subject to hydrolysis) is 1. The second-order valence-electron chi connectivity index (χ2n) is 3.25. The number of hydrogen-bond donors (Lipinski definition) is 2. The van der Waals surface area contributed by atoms with E-state index in [-0.39, 0.29) is 6.09 Å². The van der Waals surface area contributed by atoms with Gasteiger partial charge in [0.2, 0.25) is 0 Å². The Labute approximate surface area is 103 Å². The number of amides is 1. The average Bonchev–Trinajstić information content (AvgIpc) is 2.30. The maximum absolute atomic E-state index is 10.7. The third-order valence-corrected chi connectivity index (χ3v) is 1.75. The Morgan fingerprint density at radius 1 is 1.29 bits per heavy atom. The van der Waals surface area contributed by atoms with E-state index in [1.165, 1.54) is 19.3 Å². The van der Waals surface area contributed by atoms with E-state index in [1.54, 1.807) is 6.92 Å². The van der Waals surface area contributed by atoms with Crippen molar-refractivity contribution in [1.29, 1.82) is 0 Å². The number of ether oxygens (including phenoxy) is 1. The summed E-state index contributed by atoms with van der Waals surface area (Å²) in [5.41, 5.74) is 0. The minimum atomic E-state index is -0.981. The number of unbranched alkanes of at least 4 members (excludes halogenated alkanes) is 3. The minimum absolute atomic E-state index is 0.297. The van der Waals surface area contributed by atoms with Crippen LogP contribution in [0.1, 0.15) is 39.5 Å². The quantitative estimate of drug-likeness (QED) is 0.534. The van der Waals surface area contributed by atoms with Gasteiger partial charge in [-0.2, -0.15) is 0 Å². The Bertz CT molecular complexity index is 217. The van der Waals surface area contributed by atoms with Crippen LogP contribution in [0.3, 0.4) is 0 Å². The van der Waals surface area contributed by atoms with Gasteiger partial charge in [0.15, 0.2) is 0 Å². The van der Waals surface area contributed by atoms with Crippen LogP contribution in [0.4, 0.5) is 4.79 Å². The molecule has 0 heterocycles. The normalized spacial score (nSPS) is 8.59. The Balaban J connectivity index is 0. The molecule has 1 amide bonds. The number of rotatable bonds is 7. The topological polar surface area (TPSA) is 75.6 Å². The molecule has 0 aromatic carbocycles. The average molecular weight is 245 g/mol. The molecule has 0 aliphatic heterocycles. The third kappa shape index (κ3) is 20.5. The molecular formula is C12H23NO4. The molecule has 0 fully saturated rings. The summed E-state index contributed by atoms with van der Waals surface area (Å²) in [6.07, 6.45) is 5.23. The largest absolute Gasteiger partial charge is 0.478 e. The van der Waals surface area contributed by atoms with Crippen molar-refractivity contribution in [3.05, 3.63) is 12.7 Å². The van der Waals surface area contributed by atoms with E-state index in [4.69, 9.17) is 9.84 Å². The summed E-state index contributed by atoms with van der Waals surface area (Å²) in [6, 6.07) is 0. The molecule has 5 heteroatoms. The molecule has 100 valence electrons. The summed E-state index contributed by atoms with van der Waals surface area (Å²) < 4.78 is 4.70. The number of carboxylic acid groups (broad SMARTS) is 1. The molecule has 0 aromatic rings. The van der Waals surface area contributed by atoms with Crippen molar-refractivity contribution >= 4 is 12.1 Å². The van der Waals surface area contributed by atoms with Gasteiger partial charge in [-0.3, -0.25) is 0 Å². The summed E-state index contributed by atoms with van der Waals surface area (Å²) >= 11 is 0. The molecule has 0 saturated heterocycles. The van der Waals surface area contributed by atoms with E-state index in [2.05, 4.69) is 18.8 Å². The Morgan fingerprint density at radius 3 is 2.29 bits per heavy atom. The van der Waals surface area contributed by atoms with Gasteiger partial charge in [0.05, 0.1) is 6.61 Å². The standard InChI is InChI=1S/C9H19NO2.C3H4O2/c1-3-5-6-7-8-10-9(11)12-4-2;1-2-3(4)5/h3-8H2,1-2H3,(H,10,11);2H,1H2,(H,4,5). The summed E-state index contributed by atoms with van der Waals surface area (Å²) in [5.74, 6) is -0.981. The van der Waals surface area contributed by atoms with Gasteiger partial charge in [-0.1, -0.05) is 32.8 Å². The van der Waals surface area contributed by atoms with Crippen molar-refractivity contribution in [2.45, 2.75) is 39.5 Å². The molecule has 2 N–H and O–H groups in total. The second-order valence-corrected chi connectivity index (χ2v) is 3.25. The summed E-state index contributed by atoms with van der Waals surface area (Å²) in [6.45, 7) is 8.11. The molecule has 17 heavy (non-hydrogen) atoms. The number of carbonyl (C=O) groups is 2. The molecule has 0 saturated carbocycles. The van der Waals surface area contributed by atoms with Crippen molar-refractivity contribution in [3.8, 4) is 0 Å². The smallest absolute Gasteiger partial charge is 0.407 e. The van der Waals surface area contributed by atoms with Gasteiger partial charge in [0.25, 0.3) is 0 Å². The van der Waals surface area contributed by atoms with E-state index >= 15 is 0 Å². The zero-order valence-electron chi connectivity index (χ0n) is 10.7. The fourth-order valence-corrected chi connectivity index (χ4v) is 0.924. The molecule has 0 aliphatic carbocycles. The highest BCUT2D eigenvalue weighted by Crippen LogP contribution is 1.96. The molecular weight excluding hydrogens is 222 g/mol. The monoisotopic (exact) mass is 245 g/mol. The van der Waals surface area contributed by atoms with E-state index in [0.717, 1.165) is 19.0 Å². The molecule has 0 unspecified atom stereocenters. The van der Waals surface area contributed by atoms with Crippen LogP contribution >= 0.6 is 0 Å². The van der Waals surface area contributed by atoms with E-state index in [1.807, 2.05) is 0 Å². The highest BCUT2D eigenvalue weighted by Gasteiger charge is 1.96. The first-order valence-electron chi connectivity index (χ1n) is 5.84. The molecule has 0 aromatic heterocycles. The maximum Gasteiger partial charge on any atom is 0.407 e. The molecule has 0 spiro atoms. The van der Waals surface area contributed by atoms with E-state index in [9.17, 15) is 9.59 Å². The van der Waals surface area contributed by atoms with Gasteiger partial charge in [-0.15, -0.1) is 0 Å². The van der Waals surface area contributed by atoms with Crippen LogP contribution in [-0.4, -0.2) is 30.3 Å². The Morgan fingerprint density at radius 2 is 1.88 bits per heavy atom. The van der Waals surface area contributed by atoms with Crippen LogP contribution in [-0.2, 0) is 9.53 Å². The van der Waals surface area contributed by atoms with Gasteiger partial charge < -0.3 is 15.2 Å². The van der Waals surface area contributed by atoms with Crippen LogP contribution in [0.5, 0.6) is 0 Å². The molecule has 0 radical (unpaired) electrons. The number of carboxylic acids is 1. The number of hydrogen-bond acceptors (Lipinski definition) is 3. The maximum atomic E-state index is 10.7. The zero-order chi connectivity index (χ0) is 13.5. The lowest BCUT2D eigenvalue weighted by atomic mass is 10.2. The first-order chi connectivity index (χ1) is 8.08. The highest BCUT2D eigenvalue weighted by molar-refractivity contribution is 5.78. The first-order valence-corrected chi connectivity index (χ1v) is 5.84. The predicted molar refractivity (Wildman–Crippen MR) is 67.0 cm³/mol. The highest BCUT2D eigenvalue weighted by atomic mass is 16.5. The SMILES string of the molecule is C=CC(=O)O.CCCCCCNC(=O)OCC. The van der Waals surface area contributed by atoms with Gasteiger partial charge in [-0.25, -0.2) is 9.59 Å². The predicted octanol–water partition coefficient (Wildman–Crippen LogP) is 2.57. The van der Waals surface area contributed by atoms with E-state index < -0.39 is 5.97 Å². The summed E-state index contributed by atoms with van der Waals surface area (Å²) in [4.78, 5) is 20.0. The minimum Gasteiger partial charge on any atom is -0.478 e. The summed E-state index contributed by atoms with van der Waals surface area (Å²) in [7, 11) is 0. The van der Waals surface area contributed by atoms with Crippen LogP contribution in [0.2, 0.25) is 0 Å². The lowest BCUT2D eigenvalue weighted by Gasteiger charge is -2.03. The molecule has 0 bridgehead atoms. The van der Waals surface area contributed by atoms with Crippen molar-refractivity contribution < 1.29 is 19.4 Å². The van der Waals surface area contributed by atoms with Crippen LogP contribution in [0, 0.1) is 0 Å². The van der Waals surface area contributed by atoms with Crippen molar-refractivity contribution in [2.24, 2.45) is 0 Å². The van der Waals surface area contributed by atoms with E-state index in [0.29, 0.717) is 6.61 Å².